The molecule has 0 radical (unpaired) electrons. The van der Waals surface area contributed by atoms with Crippen LogP contribution in [0.15, 0.2) is 42.5 Å². The third-order valence-corrected chi connectivity index (χ3v) is 2.89. The number of hydrogen-bond donors (Lipinski definition) is 0. The van der Waals surface area contributed by atoms with Crippen molar-refractivity contribution in [1.82, 2.24) is 0 Å². The Morgan fingerprint density at radius 1 is 0.762 bits per heavy atom. The van der Waals surface area contributed by atoms with Gasteiger partial charge in [-0.05, 0) is 30.3 Å². The van der Waals surface area contributed by atoms with Gasteiger partial charge < -0.3 is 18.9 Å². The number of carbonyl (C=O) groups is 1. The molecular formula is C16H16O5. The van der Waals surface area contributed by atoms with Crippen LogP contribution in [0.2, 0.25) is 0 Å². The van der Waals surface area contributed by atoms with Crippen LogP contribution in [0.3, 0.4) is 0 Å². The number of hydrogen-bond acceptors (Lipinski definition) is 5. The molecule has 0 aromatic heterocycles. The Bertz CT molecular complexity index is 636. The zero-order chi connectivity index (χ0) is 15.2. The molecule has 0 aliphatic carbocycles. The average Bonchev–Trinajstić information content (AvgIpc) is 2.54. The molecule has 21 heavy (non-hydrogen) atoms. The van der Waals surface area contributed by atoms with Gasteiger partial charge in [0, 0.05) is 0 Å². The molecule has 0 amide bonds. The van der Waals surface area contributed by atoms with Gasteiger partial charge in [-0.2, -0.15) is 0 Å². The molecule has 0 spiro atoms. The summed E-state index contributed by atoms with van der Waals surface area (Å²) in [6, 6.07) is 11.8. The smallest absolute Gasteiger partial charge is 0.343 e. The fourth-order valence-electron chi connectivity index (χ4n) is 1.83. The second-order valence-electron chi connectivity index (χ2n) is 4.11. The summed E-state index contributed by atoms with van der Waals surface area (Å²) >= 11 is 0. The van der Waals surface area contributed by atoms with Crippen LogP contribution in [0.25, 0.3) is 0 Å². The monoisotopic (exact) mass is 288 g/mol. The van der Waals surface area contributed by atoms with E-state index in [-0.39, 0.29) is 0 Å². The molecule has 2 aromatic carbocycles. The zero-order valence-electron chi connectivity index (χ0n) is 12.1. The lowest BCUT2D eigenvalue weighted by Gasteiger charge is -2.11. The van der Waals surface area contributed by atoms with Crippen molar-refractivity contribution in [2.45, 2.75) is 0 Å². The van der Waals surface area contributed by atoms with E-state index in [1.54, 1.807) is 42.5 Å². The van der Waals surface area contributed by atoms with E-state index in [1.807, 2.05) is 0 Å². The van der Waals surface area contributed by atoms with Crippen LogP contribution in [0, 0.1) is 0 Å². The maximum Gasteiger partial charge on any atom is 0.343 e. The Labute approximate surface area is 123 Å². The lowest BCUT2D eigenvalue weighted by atomic mass is 10.2. The van der Waals surface area contributed by atoms with Gasteiger partial charge in [0.25, 0.3) is 0 Å². The van der Waals surface area contributed by atoms with Crippen molar-refractivity contribution in [2.75, 3.05) is 21.3 Å². The molecule has 5 heteroatoms. The maximum absolute atomic E-state index is 12.2. The van der Waals surface area contributed by atoms with Crippen LogP contribution in [-0.4, -0.2) is 27.3 Å². The molecule has 110 valence electrons. The molecule has 2 aromatic rings. The van der Waals surface area contributed by atoms with Crippen molar-refractivity contribution in [3.05, 3.63) is 48.0 Å². The molecule has 0 fully saturated rings. The van der Waals surface area contributed by atoms with E-state index in [2.05, 4.69) is 0 Å². The molecule has 0 atom stereocenters. The van der Waals surface area contributed by atoms with Crippen molar-refractivity contribution in [3.8, 4) is 23.0 Å². The number of carbonyl (C=O) groups excluding carboxylic acids is 1. The second kappa shape index (κ2) is 6.65. The number of methoxy groups -OCH3 is 3. The Balaban J connectivity index is 2.24. The molecule has 0 saturated carbocycles. The summed E-state index contributed by atoms with van der Waals surface area (Å²) in [5, 5.41) is 0. The van der Waals surface area contributed by atoms with E-state index < -0.39 is 5.97 Å². The molecular weight excluding hydrogens is 272 g/mol. The first-order valence-electron chi connectivity index (χ1n) is 6.26. The maximum atomic E-state index is 12.2. The van der Waals surface area contributed by atoms with Gasteiger partial charge in [0.1, 0.15) is 0 Å². The minimum Gasteiger partial charge on any atom is -0.493 e. The van der Waals surface area contributed by atoms with Crippen LogP contribution >= 0.6 is 0 Å². The summed E-state index contributed by atoms with van der Waals surface area (Å²) in [4.78, 5) is 12.2. The van der Waals surface area contributed by atoms with E-state index in [0.717, 1.165) is 0 Å². The first kappa shape index (κ1) is 14.7. The molecule has 2 rings (SSSR count). The normalized spacial score (nSPS) is 9.86. The van der Waals surface area contributed by atoms with Gasteiger partial charge in [0.2, 0.25) is 0 Å². The lowest BCUT2D eigenvalue weighted by Crippen LogP contribution is -2.09. The largest absolute Gasteiger partial charge is 0.493 e. The molecule has 0 heterocycles. The quantitative estimate of drug-likeness (QED) is 0.625. The van der Waals surface area contributed by atoms with Crippen molar-refractivity contribution in [1.29, 1.82) is 0 Å². The summed E-state index contributed by atoms with van der Waals surface area (Å²) in [5.41, 5.74) is 0.360. The predicted octanol–water partition coefficient (Wildman–Crippen LogP) is 2.93. The van der Waals surface area contributed by atoms with Crippen LogP contribution in [-0.2, 0) is 0 Å². The number of para-hydroxylation sites is 2. The fraction of sp³-hybridized carbons (Fsp3) is 0.188. The Morgan fingerprint density at radius 2 is 1.33 bits per heavy atom. The third-order valence-electron chi connectivity index (χ3n) is 2.89. The minimum atomic E-state index is -0.500. The standard InChI is InChI=1S/C16H16O5/c1-18-12-6-4-5-7-14(12)21-16(17)11-8-9-13(19-2)15(10-11)20-3/h4-10H,1-3H3. The van der Waals surface area contributed by atoms with E-state index in [0.29, 0.717) is 28.6 Å². The van der Waals surface area contributed by atoms with Gasteiger partial charge in [0.05, 0.1) is 26.9 Å². The van der Waals surface area contributed by atoms with Crippen LogP contribution in [0.1, 0.15) is 10.4 Å². The third kappa shape index (κ3) is 3.25. The fourth-order valence-corrected chi connectivity index (χ4v) is 1.83. The van der Waals surface area contributed by atoms with Crippen LogP contribution < -0.4 is 18.9 Å². The Kier molecular flexibility index (Phi) is 4.66. The van der Waals surface area contributed by atoms with Gasteiger partial charge in [-0.15, -0.1) is 0 Å². The highest BCUT2D eigenvalue weighted by Gasteiger charge is 2.14. The van der Waals surface area contributed by atoms with Crippen molar-refractivity contribution in [3.63, 3.8) is 0 Å². The topological polar surface area (TPSA) is 54.0 Å². The molecule has 5 nitrogen and oxygen atoms in total. The summed E-state index contributed by atoms with van der Waals surface area (Å²) in [6.45, 7) is 0. The highest BCUT2D eigenvalue weighted by atomic mass is 16.6. The number of rotatable bonds is 5. The summed E-state index contributed by atoms with van der Waals surface area (Å²) in [5.74, 6) is 1.37. The van der Waals surface area contributed by atoms with E-state index in [4.69, 9.17) is 18.9 Å². The van der Waals surface area contributed by atoms with Gasteiger partial charge in [-0.1, -0.05) is 12.1 Å². The summed E-state index contributed by atoms with van der Waals surface area (Å²) < 4.78 is 20.8. The van der Waals surface area contributed by atoms with Gasteiger partial charge in [-0.25, -0.2) is 4.79 Å². The van der Waals surface area contributed by atoms with Crippen molar-refractivity contribution < 1.29 is 23.7 Å². The average molecular weight is 288 g/mol. The molecule has 0 aliphatic rings. The van der Waals surface area contributed by atoms with Crippen molar-refractivity contribution >= 4 is 5.97 Å². The Hall–Kier alpha value is -2.69. The molecule has 0 bridgehead atoms. The summed E-state index contributed by atoms with van der Waals surface area (Å²) in [6.07, 6.45) is 0. The van der Waals surface area contributed by atoms with E-state index in [9.17, 15) is 4.79 Å². The predicted molar refractivity (Wildman–Crippen MR) is 77.5 cm³/mol. The highest BCUT2D eigenvalue weighted by Crippen LogP contribution is 2.30. The minimum absolute atomic E-state index is 0.360. The molecule has 0 unspecified atom stereocenters. The Morgan fingerprint density at radius 3 is 1.95 bits per heavy atom. The number of esters is 1. The van der Waals surface area contributed by atoms with Crippen LogP contribution in [0.4, 0.5) is 0 Å². The van der Waals surface area contributed by atoms with Gasteiger partial charge >= 0.3 is 5.97 Å². The zero-order valence-corrected chi connectivity index (χ0v) is 12.1. The van der Waals surface area contributed by atoms with E-state index in [1.165, 1.54) is 21.3 Å². The van der Waals surface area contributed by atoms with Gasteiger partial charge in [-0.3, -0.25) is 0 Å². The first-order valence-corrected chi connectivity index (χ1v) is 6.26. The highest BCUT2D eigenvalue weighted by molar-refractivity contribution is 5.92. The number of ether oxygens (including phenoxy) is 4. The lowest BCUT2D eigenvalue weighted by molar-refractivity contribution is 0.0729. The SMILES string of the molecule is COc1ccc(C(=O)Oc2ccccc2OC)cc1OC. The van der Waals surface area contributed by atoms with Crippen LogP contribution in [0.5, 0.6) is 23.0 Å². The van der Waals surface area contributed by atoms with Gasteiger partial charge in [0.15, 0.2) is 23.0 Å². The molecule has 0 saturated heterocycles. The second-order valence-corrected chi connectivity index (χ2v) is 4.11. The molecule has 0 N–H and O–H groups in total. The summed E-state index contributed by atoms with van der Waals surface area (Å²) in [7, 11) is 4.56. The molecule has 0 aliphatic heterocycles. The first-order chi connectivity index (χ1) is 10.2. The van der Waals surface area contributed by atoms with E-state index >= 15 is 0 Å². The van der Waals surface area contributed by atoms with Crippen molar-refractivity contribution in [2.24, 2.45) is 0 Å². The number of benzene rings is 2.